The van der Waals surface area contributed by atoms with Crippen LogP contribution in [0.25, 0.3) is 0 Å². The molecule has 83 heavy (non-hydrogen) atoms. The molecule has 0 bridgehead atoms. The summed E-state index contributed by atoms with van der Waals surface area (Å²) in [6.45, 7) is 22.9. The average Bonchev–Trinajstić information content (AvgIpc) is 3.48. The molecule has 0 spiro atoms. The molecule has 0 radical (unpaired) electrons. The second-order valence-electron chi connectivity index (χ2n) is 26.4. The minimum Gasteiger partial charge on any atom is -0.379 e. The summed E-state index contributed by atoms with van der Waals surface area (Å²) in [4.78, 5) is 64.5. The fourth-order valence-electron chi connectivity index (χ4n) is 12.7. The van der Waals surface area contributed by atoms with Gasteiger partial charge in [0, 0.05) is 78.4 Å². The molecule has 2 atom stereocenters. The van der Waals surface area contributed by atoms with Crippen molar-refractivity contribution in [3.8, 4) is 0 Å². The highest BCUT2D eigenvalue weighted by Gasteiger charge is 2.33. The summed E-state index contributed by atoms with van der Waals surface area (Å²) in [6, 6.07) is -0.959. The van der Waals surface area contributed by atoms with E-state index < -0.39 is 12.1 Å². The topological polar surface area (TPSA) is 124 Å². The SMILES string of the molecule is CCCCCCCCCCCCCCCCCCCC(=O)N(CCCN1CCOCC1)C(C(=O)NCCCCCCCNC(=O)C(C(C)C)N(CCCN1CCCOC1)C(=O)CCCCCCCCCCCCCCCCCCC)C(C)C. The third-order valence-corrected chi connectivity index (χ3v) is 17.9. The Bertz CT molecular complexity index is 1400. The number of carbonyl (C=O) groups is 4. The molecule has 0 saturated carbocycles. The highest BCUT2D eigenvalue weighted by molar-refractivity contribution is 5.88. The quantitative estimate of drug-likeness (QED) is 0.0577. The first-order valence-electron chi connectivity index (χ1n) is 36.3. The molecule has 2 heterocycles. The summed E-state index contributed by atoms with van der Waals surface area (Å²) >= 11 is 0. The van der Waals surface area contributed by atoms with Gasteiger partial charge >= 0.3 is 0 Å². The second kappa shape index (κ2) is 55.1. The first-order chi connectivity index (χ1) is 40.6. The smallest absolute Gasteiger partial charge is 0.243 e. The molecule has 2 unspecified atom stereocenters. The summed E-state index contributed by atoms with van der Waals surface area (Å²) < 4.78 is 11.3. The van der Waals surface area contributed by atoms with Gasteiger partial charge in [-0.3, -0.25) is 29.0 Å². The molecule has 4 amide bonds. The van der Waals surface area contributed by atoms with Crippen molar-refractivity contribution in [3.05, 3.63) is 0 Å². The van der Waals surface area contributed by atoms with Gasteiger partial charge in [-0.25, -0.2) is 0 Å². The van der Waals surface area contributed by atoms with Crippen LogP contribution >= 0.6 is 0 Å². The maximum atomic E-state index is 14.0. The first-order valence-corrected chi connectivity index (χ1v) is 36.3. The third-order valence-electron chi connectivity index (χ3n) is 17.9. The van der Waals surface area contributed by atoms with Crippen LogP contribution in [0.4, 0.5) is 0 Å². The maximum absolute atomic E-state index is 14.0. The van der Waals surface area contributed by atoms with Crippen molar-refractivity contribution in [2.45, 2.75) is 336 Å². The van der Waals surface area contributed by atoms with Gasteiger partial charge in [-0.1, -0.05) is 266 Å². The molecular weight excluding hydrogens is 1030 g/mol. The van der Waals surface area contributed by atoms with E-state index in [9.17, 15) is 19.2 Å². The molecule has 2 fully saturated rings. The second-order valence-corrected chi connectivity index (χ2v) is 26.4. The number of carbonyl (C=O) groups excluding carboxylic acids is 4. The lowest BCUT2D eigenvalue weighted by atomic mass is 9.99. The van der Waals surface area contributed by atoms with Gasteiger partial charge in [-0.05, 0) is 56.8 Å². The lowest BCUT2D eigenvalue weighted by Crippen LogP contribution is -2.53. The Morgan fingerprint density at radius 3 is 1.00 bits per heavy atom. The highest BCUT2D eigenvalue weighted by Crippen LogP contribution is 2.21. The summed E-state index contributed by atoms with van der Waals surface area (Å²) in [5.74, 6) is 0.192. The number of morpholine rings is 1. The molecule has 12 nitrogen and oxygen atoms in total. The molecular formula is C71H138N6O6. The summed E-state index contributed by atoms with van der Waals surface area (Å²) in [6.07, 6.45) is 53.1. The summed E-state index contributed by atoms with van der Waals surface area (Å²) in [5.41, 5.74) is 0. The van der Waals surface area contributed by atoms with Gasteiger partial charge < -0.3 is 29.9 Å². The van der Waals surface area contributed by atoms with Crippen LogP contribution in [-0.4, -0.2) is 141 Å². The molecule has 0 aromatic carbocycles. The fraction of sp³-hybridized carbons (Fsp3) is 0.944. The van der Waals surface area contributed by atoms with Crippen molar-refractivity contribution in [2.75, 3.05) is 85.5 Å². The Labute approximate surface area is 513 Å². The van der Waals surface area contributed by atoms with Crippen LogP contribution in [0.3, 0.4) is 0 Å². The van der Waals surface area contributed by atoms with E-state index in [4.69, 9.17) is 9.47 Å². The lowest BCUT2D eigenvalue weighted by Gasteiger charge is -2.35. The zero-order valence-corrected chi connectivity index (χ0v) is 55.9. The molecule has 2 aliphatic heterocycles. The minimum atomic E-state index is -0.483. The van der Waals surface area contributed by atoms with Crippen LogP contribution < -0.4 is 10.6 Å². The van der Waals surface area contributed by atoms with Crippen LogP contribution in [-0.2, 0) is 28.7 Å². The number of amides is 4. The van der Waals surface area contributed by atoms with Crippen molar-refractivity contribution < 1.29 is 28.7 Å². The van der Waals surface area contributed by atoms with Crippen LogP contribution in [0.1, 0.15) is 324 Å². The van der Waals surface area contributed by atoms with Crippen LogP contribution in [0, 0.1) is 11.8 Å². The van der Waals surface area contributed by atoms with Crippen LogP contribution in [0.5, 0.6) is 0 Å². The number of hydrogen-bond acceptors (Lipinski definition) is 8. The van der Waals surface area contributed by atoms with Crippen LogP contribution in [0.15, 0.2) is 0 Å². The van der Waals surface area contributed by atoms with Crippen molar-refractivity contribution in [3.63, 3.8) is 0 Å². The minimum absolute atomic E-state index is 0.00663. The number of nitrogens with zero attached hydrogens (tertiary/aromatic N) is 4. The Balaban J connectivity index is 1.74. The van der Waals surface area contributed by atoms with E-state index in [0.717, 1.165) is 130 Å². The predicted molar refractivity (Wildman–Crippen MR) is 351 cm³/mol. The first kappa shape index (κ1) is 76.8. The molecule has 2 rings (SSSR count). The van der Waals surface area contributed by atoms with Crippen molar-refractivity contribution in [1.82, 2.24) is 30.2 Å². The molecule has 2 saturated heterocycles. The molecule has 0 aromatic rings. The zero-order chi connectivity index (χ0) is 60.1. The molecule has 2 aliphatic rings. The van der Waals surface area contributed by atoms with E-state index in [-0.39, 0.29) is 35.5 Å². The van der Waals surface area contributed by atoms with E-state index in [1.54, 1.807) is 0 Å². The summed E-state index contributed by atoms with van der Waals surface area (Å²) in [7, 11) is 0. The summed E-state index contributed by atoms with van der Waals surface area (Å²) in [5, 5.41) is 6.48. The number of nitrogens with one attached hydrogen (secondary N) is 2. The largest absolute Gasteiger partial charge is 0.379 e. The third kappa shape index (κ3) is 41.5. The van der Waals surface area contributed by atoms with E-state index in [0.29, 0.717) is 45.8 Å². The van der Waals surface area contributed by atoms with Crippen molar-refractivity contribution >= 4 is 23.6 Å². The Morgan fingerprint density at radius 1 is 0.373 bits per heavy atom. The van der Waals surface area contributed by atoms with Crippen LogP contribution in [0.2, 0.25) is 0 Å². The van der Waals surface area contributed by atoms with Gasteiger partial charge in [0.1, 0.15) is 12.1 Å². The molecule has 0 aromatic heterocycles. The van der Waals surface area contributed by atoms with Gasteiger partial charge in [0.15, 0.2) is 0 Å². The van der Waals surface area contributed by atoms with Gasteiger partial charge in [0.05, 0.1) is 19.9 Å². The van der Waals surface area contributed by atoms with E-state index in [2.05, 4.69) is 62.0 Å². The van der Waals surface area contributed by atoms with Gasteiger partial charge in [0.25, 0.3) is 0 Å². The van der Waals surface area contributed by atoms with E-state index in [1.165, 1.54) is 193 Å². The number of hydrogen-bond donors (Lipinski definition) is 2. The highest BCUT2D eigenvalue weighted by atomic mass is 16.5. The lowest BCUT2D eigenvalue weighted by molar-refractivity contribution is -0.142. The van der Waals surface area contributed by atoms with Crippen molar-refractivity contribution in [1.29, 1.82) is 0 Å². The predicted octanol–water partition coefficient (Wildman–Crippen LogP) is 16.8. The molecule has 488 valence electrons. The van der Waals surface area contributed by atoms with E-state index in [1.807, 2.05) is 9.80 Å². The normalized spacial score (nSPS) is 15.0. The number of unbranched alkanes of at least 4 members (excludes halogenated alkanes) is 36. The molecule has 0 aliphatic carbocycles. The maximum Gasteiger partial charge on any atom is 0.243 e. The Morgan fingerprint density at radius 2 is 0.687 bits per heavy atom. The Kier molecular flexibility index (Phi) is 51.0. The van der Waals surface area contributed by atoms with Crippen molar-refractivity contribution in [2.24, 2.45) is 11.8 Å². The standard InChI is InChI=1S/C71H138N6O6/c1-7-9-11-13-15-17-19-21-23-25-27-29-31-33-35-38-42-49-66(78)76(56-46-53-74-58-61-82-62-59-74)68(64(3)4)70(80)72-51-44-40-37-41-45-52-73-71(81)69(65(5)6)77(57-47-54-75-55-48-60-83-63-75)67(79)50-43-39-36-34-32-30-28-26-24-22-20-18-16-14-12-10-8-2/h64-65,68-69H,7-63H2,1-6H3,(H,72,80)(H,73,81). The zero-order valence-electron chi connectivity index (χ0n) is 55.9. The van der Waals surface area contributed by atoms with Gasteiger partial charge in [-0.2, -0.15) is 0 Å². The number of ether oxygens (including phenoxy) is 2. The Hall–Kier alpha value is -2.28. The fourth-order valence-corrected chi connectivity index (χ4v) is 12.7. The van der Waals surface area contributed by atoms with Gasteiger partial charge in [0.2, 0.25) is 23.6 Å². The monoisotopic (exact) mass is 1170 g/mol. The molecule has 12 heteroatoms. The number of rotatable bonds is 58. The average molecular weight is 1170 g/mol. The van der Waals surface area contributed by atoms with Gasteiger partial charge in [-0.15, -0.1) is 0 Å². The van der Waals surface area contributed by atoms with E-state index >= 15 is 0 Å². The molecule has 2 N–H and O–H groups in total.